The first-order valence-electron chi connectivity index (χ1n) is 10.3. The maximum atomic E-state index is 11.6. The lowest BCUT2D eigenvalue weighted by atomic mass is 10.1. The quantitative estimate of drug-likeness (QED) is 0.386. The van der Waals surface area contributed by atoms with E-state index in [2.05, 4.69) is 27.5 Å². The maximum Gasteiger partial charge on any atom is 0.407 e. The van der Waals surface area contributed by atoms with Crippen molar-refractivity contribution < 1.29 is 9.53 Å². The van der Waals surface area contributed by atoms with Gasteiger partial charge in [0, 0.05) is 41.1 Å². The molecule has 0 aliphatic heterocycles. The Morgan fingerprint density at radius 3 is 2.25 bits per heavy atom. The van der Waals surface area contributed by atoms with Crippen molar-refractivity contribution in [1.82, 2.24) is 10.3 Å². The summed E-state index contributed by atoms with van der Waals surface area (Å²) in [5.41, 5.74) is 4.13. The molecular weight excluding hydrogens is 422 g/mol. The molecule has 0 aliphatic carbocycles. The first kappa shape index (κ1) is 23.2. The van der Waals surface area contributed by atoms with E-state index < -0.39 is 11.7 Å². The fourth-order valence-corrected chi connectivity index (χ4v) is 2.90. The molecular formula is C26H26ClN3O2. The molecule has 0 spiro atoms. The number of halogens is 1. The van der Waals surface area contributed by atoms with E-state index in [9.17, 15) is 4.79 Å². The van der Waals surface area contributed by atoms with Crippen LogP contribution in [0.4, 0.5) is 10.5 Å². The summed E-state index contributed by atoms with van der Waals surface area (Å²) in [4.78, 5) is 16.1. The third kappa shape index (κ3) is 7.64. The van der Waals surface area contributed by atoms with Gasteiger partial charge in [-0.3, -0.25) is 0 Å². The van der Waals surface area contributed by atoms with Gasteiger partial charge in [0.05, 0.1) is 0 Å². The van der Waals surface area contributed by atoms with Crippen LogP contribution in [-0.4, -0.2) is 29.8 Å². The number of amides is 1. The van der Waals surface area contributed by atoms with E-state index in [4.69, 9.17) is 16.3 Å². The molecule has 6 heteroatoms. The molecule has 0 saturated heterocycles. The number of nitrogens with zero attached hydrogens (tertiary/aromatic N) is 1. The fraction of sp³-hybridized carbons (Fsp3) is 0.231. The Labute approximate surface area is 194 Å². The number of ether oxygens (including phenoxy) is 1. The first-order chi connectivity index (χ1) is 15.3. The van der Waals surface area contributed by atoms with Crippen LogP contribution in [0.15, 0.2) is 66.9 Å². The third-order valence-electron chi connectivity index (χ3n) is 4.28. The van der Waals surface area contributed by atoms with Crippen LogP contribution in [0.5, 0.6) is 0 Å². The Hall–Kier alpha value is -3.49. The van der Waals surface area contributed by atoms with Crippen LogP contribution in [0.25, 0.3) is 11.1 Å². The van der Waals surface area contributed by atoms with Crippen LogP contribution in [0.1, 0.15) is 32.0 Å². The maximum absolute atomic E-state index is 11.6. The average Bonchev–Trinajstić information content (AvgIpc) is 2.76. The minimum Gasteiger partial charge on any atom is -0.444 e. The number of nitrogens with one attached hydrogen (secondary N) is 2. The van der Waals surface area contributed by atoms with Crippen LogP contribution in [0, 0.1) is 11.8 Å². The summed E-state index contributed by atoms with van der Waals surface area (Å²) in [5.74, 6) is 6.21. The predicted molar refractivity (Wildman–Crippen MR) is 130 cm³/mol. The SMILES string of the molecule is CC(C)(C)OC(=O)NCCNc1ccc(C#Cc2ccc(-c3ccc(Cl)cc3)cn2)cc1. The van der Waals surface area contributed by atoms with Crippen molar-refractivity contribution in [2.24, 2.45) is 0 Å². The van der Waals surface area contributed by atoms with Gasteiger partial charge in [-0.25, -0.2) is 9.78 Å². The molecule has 0 atom stereocenters. The van der Waals surface area contributed by atoms with Gasteiger partial charge in [-0.1, -0.05) is 35.7 Å². The molecule has 1 aromatic heterocycles. The highest BCUT2D eigenvalue weighted by atomic mass is 35.5. The number of anilines is 1. The largest absolute Gasteiger partial charge is 0.444 e. The highest BCUT2D eigenvalue weighted by Gasteiger charge is 2.15. The Bertz CT molecular complexity index is 1090. The molecule has 0 bridgehead atoms. The molecule has 164 valence electrons. The number of rotatable bonds is 5. The molecule has 32 heavy (non-hydrogen) atoms. The smallest absolute Gasteiger partial charge is 0.407 e. The van der Waals surface area contributed by atoms with Crippen molar-refractivity contribution in [2.75, 3.05) is 18.4 Å². The summed E-state index contributed by atoms with van der Waals surface area (Å²) in [6.45, 7) is 6.56. The van der Waals surface area contributed by atoms with Crippen LogP contribution >= 0.6 is 11.6 Å². The number of aromatic nitrogens is 1. The lowest BCUT2D eigenvalue weighted by Crippen LogP contribution is -2.34. The lowest BCUT2D eigenvalue weighted by molar-refractivity contribution is 0.0530. The van der Waals surface area contributed by atoms with Gasteiger partial charge in [-0.15, -0.1) is 0 Å². The molecule has 2 aromatic carbocycles. The molecule has 2 N–H and O–H groups in total. The van der Waals surface area contributed by atoms with E-state index >= 15 is 0 Å². The first-order valence-corrected chi connectivity index (χ1v) is 10.7. The van der Waals surface area contributed by atoms with Crippen molar-refractivity contribution >= 4 is 23.4 Å². The second kappa shape index (κ2) is 10.7. The second-order valence-electron chi connectivity index (χ2n) is 8.12. The Balaban J connectivity index is 1.49. The number of carbonyl (C=O) groups is 1. The number of hydrogen-bond donors (Lipinski definition) is 2. The zero-order chi connectivity index (χ0) is 23.0. The molecule has 0 saturated carbocycles. The molecule has 0 unspecified atom stereocenters. The summed E-state index contributed by atoms with van der Waals surface area (Å²) in [5, 5.41) is 6.68. The average molecular weight is 448 g/mol. The van der Waals surface area contributed by atoms with Gasteiger partial charge in [0.25, 0.3) is 0 Å². The predicted octanol–water partition coefficient (Wildman–Crippen LogP) is 5.74. The van der Waals surface area contributed by atoms with E-state index in [0.717, 1.165) is 22.4 Å². The summed E-state index contributed by atoms with van der Waals surface area (Å²) in [6.07, 6.45) is 1.39. The van der Waals surface area contributed by atoms with Crippen LogP contribution in [0.2, 0.25) is 5.02 Å². The number of pyridine rings is 1. The van der Waals surface area contributed by atoms with Gasteiger partial charge >= 0.3 is 6.09 Å². The normalized spacial score (nSPS) is 10.6. The van der Waals surface area contributed by atoms with Crippen molar-refractivity contribution in [2.45, 2.75) is 26.4 Å². The van der Waals surface area contributed by atoms with Gasteiger partial charge in [-0.2, -0.15) is 0 Å². The summed E-state index contributed by atoms with van der Waals surface area (Å²) in [7, 11) is 0. The number of benzene rings is 2. The molecule has 3 rings (SSSR count). The van der Waals surface area contributed by atoms with Crippen LogP contribution in [0.3, 0.4) is 0 Å². The van der Waals surface area contributed by atoms with E-state index in [0.29, 0.717) is 23.8 Å². The van der Waals surface area contributed by atoms with Gasteiger partial charge < -0.3 is 15.4 Å². The van der Waals surface area contributed by atoms with Crippen LogP contribution < -0.4 is 10.6 Å². The second-order valence-corrected chi connectivity index (χ2v) is 8.56. The zero-order valence-electron chi connectivity index (χ0n) is 18.4. The number of carbonyl (C=O) groups excluding carboxylic acids is 1. The minimum atomic E-state index is -0.497. The van der Waals surface area contributed by atoms with Gasteiger partial charge in [-0.05, 0) is 74.7 Å². The van der Waals surface area contributed by atoms with Crippen molar-refractivity contribution in [3.05, 3.63) is 83.1 Å². The summed E-state index contributed by atoms with van der Waals surface area (Å²) >= 11 is 5.94. The highest BCUT2D eigenvalue weighted by Crippen LogP contribution is 2.20. The summed E-state index contributed by atoms with van der Waals surface area (Å²) in [6, 6.07) is 19.4. The molecule has 5 nitrogen and oxygen atoms in total. The fourth-order valence-electron chi connectivity index (χ4n) is 2.77. The molecule has 0 aliphatic rings. The molecule has 1 heterocycles. The number of alkyl carbamates (subject to hydrolysis) is 1. The van der Waals surface area contributed by atoms with E-state index in [1.165, 1.54) is 0 Å². The molecule has 3 aromatic rings. The van der Waals surface area contributed by atoms with Crippen molar-refractivity contribution in [1.29, 1.82) is 0 Å². The summed E-state index contributed by atoms with van der Waals surface area (Å²) < 4.78 is 5.20. The highest BCUT2D eigenvalue weighted by molar-refractivity contribution is 6.30. The Morgan fingerprint density at radius 2 is 1.62 bits per heavy atom. The molecule has 1 amide bonds. The molecule has 0 radical (unpaired) electrons. The third-order valence-corrected chi connectivity index (χ3v) is 4.54. The zero-order valence-corrected chi connectivity index (χ0v) is 19.2. The topological polar surface area (TPSA) is 63.2 Å². The van der Waals surface area contributed by atoms with Crippen LogP contribution in [-0.2, 0) is 4.74 Å². The minimum absolute atomic E-state index is 0.417. The van der Waals surface area contributed by atoms with E-state index in [1.54, 1.807) is 0 Å². The number of hydrogen-bond acceptors (Lipinski definition) is 4. The molecule has 0 fully saturated rings. The van der Waals surface area contributed by atoms with E-state index in [-0.39, 0.29) is 0 Å². The monoisotopic (exact) mass is 447 g/mol. The van der Waals surface area contributed by atoms with Crippen molar-refractivity contribution in [3.8, 4) is 23.0 Å². The van der Waals surface area contributed by atoms with Crippen molar-refractivity contribution in [3.63, 3.8) is 0 Å². The van der Waals surface area contributed by atoms with Gasteiger partial charge in [0.1, 0.15) is 11.3 Å². The van der Waals surface area contributed by atoms with Gasteiger partial charge in [0.2, 0.25) is 0 Å². The van der Waals surface area contributed by atoms with Gasteiger partial charge in [0.15, 0.2) is 0 Å². The van der Waals surface area contributed by atoms with E-state index in [1.807, 2.05) is 87.6 Å². The Kier molecular flexibility index (Phi) is 7.75. The standard InChI is InChI=1S/C26H26ClN3O2/c1-26(2,3)32-25(31)29-17-16-28-23-12-4-19(5-13-23)6-14-24-15-9-21(18-30-24)20-7-10-22(27)11-8-20/h4-5,7-13,15,18,28H,16-17H2,1-3H3,(H,29,31). The lowest BCUT2D eigenvalue weighted by Gasteiger charge is -2.19. The Morgan fingerprint density at radius 1 is 0.938 bits per heavy atom.